The number of carbonyl (C=O) groups is 1. The molecule has 0 spiro atoms. The van der Waals surface area contributed by atoms with Crippen molar-refractivity contribution in [2.24, 2.45) is 11.5 Å². The molecule has 1 aromatic carbocycles. The number of aromatic nitrogens is 3. The highest BCUT2D eigenvalue weighted by atomic mass is 16.5. The maximum absolute atomic E-state index is 11.9. The van der Waals surface area contributed by atoms with Crippen molar-refractivity contribution in [3.05, 3.63) is 41.7 Å². The Morgan fingerprint density at radius 1 is 1.41 bits per heavy atom. The van der Waals surface area contributed by atoms with Gasteiger partial charge in [-0.1, -0.05) is 6.07 Å². The zero-order valence-electron chi connectivity index (χ0n) is 16.3. The fourth-order valence-electron chi connectivity index (χ4n) is 3.70. The summed E-state index contributed by atoms with van der Waals surface area (Å²) in [4.78, 5) is 20.5. The number of aryl methyl sites for hydroxylation is 2. The minimum Gasteiger partial charge on any atom is -0.383 e. The third kappa shape index (κ3) is 3.87. The summed E-state index contributed by atoms with van der Waals surface area (Å²) in [6.45, 7) is 1.88. The standard InChI is InChI=1S/C20H25N7O2/c1-29-11-12(21)9-23-20-24-10-15(18(22)28)19(26-20)25-16-5-2-6-17-14(16)8-13-4-3-7-27(13)17/h2,5-6,8,10,12H,3-4,7,9,11,21H2,1H3,(H2,22,28)(H2,23,24,25,26). The smallest absolute Gasteiger partial charge is 0.254 e. The van der Waals surface area contributed by atoms with E-state index < -0.39 is 5.91 Å². The fourth-order valence-corrected chi connectivity index (χ4v) is 3.70. The van der Waals surface area contributed by atoms with Crippen molar-refractivity contribution in [1.29, 1.82) is 0 Å². The lowest BCUT2D eigenvalue weighted by molar-refractivity contribution is 0.100. The Labute approximate surface area is 168 Å². The number of fused-ring (bicyclic) bond motifs is 3. The summed E-state index contributed by atoms with van der Waals surface area (Å²) in [5, 5.41) is 7.43. The van der Waals surface area contributed by atoms with Gasteiger partial charge in [-0.3, -0.25) is 4.79 Å². The van der Waals surface area contributed by atoms with Crippen LogP contribution in [0.4, 0.5) is 17.5 Å². The van der Waals surface area contributed by atoms with Crippen molar-refractivity contribution in [3.63, 3.8) is 0 Å². The molecule has 2 aromatic heterocycles. The number of anilines is 3. The number of nitrogens with one attached hydrogen (secondary N) is 2. The van der Waals surface area contributed by atoms with Gasteiger partial charge in [0, 0.05) is 49.2 Å². The molecule has 3 aromatic rings. The number of primary amides is 1. The number of rotatable bonds is 8. The van der Waals surface area contributed by atoms with E-state index in [1.54, 1.807) is 7.11 Å². The first-order valence-electron chi connectivity index (χ1n) is 9.60. The SMILES string of the molecule is COCC(N)CNc1ncc(C(N)=O)c(Nc2cccc3c2cc2n3CCC2)n1. The van der Waals surface area contributed by atoms with Gasteiger partial charge in [0.05, 0.1) is 12.1 Å². The first-order chi connectivity index (χ1) is 14.1. The maximum atomic E-state index is 11.9. The Balaban J connectivity index is 1.64. The minimum atomic E-state index is -0.596. The van der Waals surface area contributed by atoms with Gasteiger partial charge in [0.15, 0.2) is 0 Å². The lowest BCUT2D eigenvalue weighted by atomic mass is 10.2. The van der Waals surface area contributed by atoms with Crippen molar-refractivity contribution in [1.82, 2.24) is 14.5 Å². The maximum Gasteiger partial charge on any atom is 0.254 e. The van der Waals surface area contributed by atoms with E-state index in [0.717, 1.165) is 24.0 Å². The normalized spacial score (nSPS) is 14.0. The molecule has 3 heterocycles. The van der Waals surface area contributed by atoms with E-state index in [-0.39, 0.29) is 11.6 Å². The van der Waals surface area contributed by atoms with Crippen molar-refractivity contribution in [2.75, 3.05) is 30.9 Å². The van der Waals surface area contributed by atoms with Crippen molar-refractivity contribution in [2.45, 2.75) is 25.4 Å². The van der Waals surface area contributed by atoms with E-state index in [0.29, 0.717) is 24.9 Å². The minimum absolute atomic E-state index is 0.201. The van der Waals surface area contributed by atoms with E-state index in [4.69, 9.17) is 16.2 Å². The van der Waals surface area contributed by atoms with Crippen molar-refractivity contribution in [3.8, 4) is 0 Å². The van der Waals surface area contributed by atoms with Crippen LogP contribution in [0.15, 0.2) is 30.5 Å². The van der Waals surface area contributed by atoms with E-state index in [9.17, 15) is 4.79 Å². The average Bonchev–Trinajstić information content (AvgIpc) is 3.29. The Morgan fingerprint density at radius 3 is 3.07 bits per heavy atom. The van der Waals surface area contributed by atoms with Crippen LogP contribution >= 0.6 is 0 Å². The zero-order chi connectivity index (χ0) is 20.4. The molecule has 0 fully saturated rings. The second-order valence-electron chi connectivity index (χ2n) is 7.17. The Morgan fingerprint density at radius 2 is 2.28 bits per heavy atom. The van der Waals surface area contributed by atoms with E-state index in [2.05, 4.69) is 37.3 Å². The number of amides is 1. The lowest BCUT2D eigenvalue weighted by Crippen LogP contribution is -2.33. The van der Waals surface area contributed by atoms with E-state index in [1.807, 2.05) is 12.1 Å². The molecule has 0 aliphatic carbocycles. The number of ether oxygens (including phenoxy) is 1. The summed E-state index contributed by atoms with van der Waals surface area (Å²) < 4.78 is 7.36. The van der Waals surface area contributed by atoms with Crippen LogP contribution in [0.3, 0.4) is 0 Å². The number of nitrogens with two attached hydrogens (primary N) is 2. The predicted molar refractivity (Wildman–Crippen MR) is 112 cm³/mol. The molecule has 0 saturated carbocycles. The molecular weight excluding hydrogens is 370 g/mol. The molecule has 9 heteroatoms. The average molecular weight is 395 g/mol. The fraction of sp³-hybridized carbons (Fsp3) is 0.350. The third-order valence-electron chi connectivity index (χ3n) is 5.06. The molecule has 1 amide bonds. The third-order valence-corrected chi connectivity index (χ3v) is 5.06. The van der Waals surface area contributed by atoms with Crippen LogP contribution in [0.25, 0.3) is 10.9 Å². The van der Waals surface area contributed by atoms with Crippen LogP contribution < -0.4 is 22.1 Å². The molecule has 0 bridgehead atoms. The van der Waals surface area contributed by atoms with Crippen LogP contribution in [-0.2, 0) is 17.7 Å². The molecule has 1 aliphatic rings. The topological polar surface area (TPSA) is 133 Å². The number of hydrogen-bond acceptors (Lipinski definition) is 7. The molecular formula is C20H25N7O2. The summed E-state index contributed by atoms with van der Waals surface area (Å²) in [5.74, 6) is 0.117. The Bertz CT molecular complexity index is 1050. The van der Waals surface area contributed by atoms with Crippen LogP contribution in [0, 0.1) is 0 Å². The molecule has 0 saturated heterocycles. The summed E-state index contributed by atoms with van der Waals surface area (Å²) in [6.07, 6.45) is 3.66. The number of methoxy groups -OCH3 is 1. The first-order valence-corrected chi connectivity index (χ1v) is 9.60. The van der Waals surface area contributed by atoms with Gasteiger partial charge < -0.3 is 31.4 Å². The van der Waals surface area contributed by atoms with Gasteiger partial charge in [0.2, 0.25) is 5.95 Å². The summed E-state index contributed by atoms with van der Waals surface area (Å²) in [5.41, 5.74) is 15.0. The van der Waals surface area contributed by atoms with E-state index in [1.165, 1.54) is 23.8 Å². The highest BCUT2D eigenvalue weighted by Crippen LogP contribution is 2.32. The second kappa shape index (κ2) is 8.06. The van der Waals surface area contributed by atoms with Gasteiger partial charge in [-0.2, -0.15) is 4.98 Å². The molecule has 152 valence electrons. The Kier molecular flexibility index (Phi) is 5.32. The van der Waals surface area contributed by atoms with Crippen LogP contribution in [-0.4, -0.2) is 46.7 Å². The summed E-state index contributed by atoms with van der Waals surface area (Å²) in [6, 6.07) is 8.05. The van der Waals surface area contributed by atoms with Gasteiger partial charge >= 0.3 is 0 Å². The van der Waals surface area contributed by atoms with Crippen molar-refractivity contribution >= 4 is 34.3 Å². The van der Waals surface area contributed by atoms with Crippen LogP contribution in [0.5, 0.6) is 0 Å². The molecule has 1 unspecified atom stereocenters. The molecule has 4 rings (SSSR count). The van der Waals surface area contributed by atoms with Gasteiger partial charge in [-0.15, -0.1) is 0 Å². The quantitative estimate of drug-likeness (QED) is 0.455. The largest absolute Gasteiger partial charge is 0.383 e. The highest BCUT2D eigenvalue weighted by molar-refractivity contribution is 6.00. The molecule has 1 atom stereocenters. The highest BCUT2D eigenvalue weighted by Gasteiger charge is 2.18. The van der Waals surface area contributed by atoms with E-state index >= 15 is 0 Å². The number of hydrogen-bond donors (Lipinski definition) is 4. The Hall–Kier alpha value is -3.17. The zero-order valence-corrected chi connectivity index (χ0v) is 16.3. The monoisotopic (exact) mass is 395 g/mol. The summed E-state index contributed by atoms with van der Waals surface area (Å²) >= 11 is 0. The van der Waals surface area contributed by atoms with Gasteiger partial charge in [-0.05, 0) is 31.0 Å². The number of carbonyl (C=O) groups excluding carboxylic acids is 1. The predicted octanol–water partition coefficient (Wildman–Crippen LogP) is 1.61. The molecule has 6 N–H and O–H groups in total. The first kappa shape index (κ1) is 19.2. The number of nitrogens with zero attached hydrogens (tertiary/aromatic N) is 3. The summed E-state index contributed by atoms with van der Waals surface area (Å²) in [7, 11) is 1.60. The van der Waals surface area contributed by atoms with Gasteiger partial charge in [-0.25, -0.2) is 4.98 Å². The van der Waals surface area contributed by atoms with Gasteiger partial charge in [0.25, 0.3) is 5.91 Å². The second-order valence-corrected chi connectivity index (χ2v) is 7.17. The van der Waals surface area contributed by atoms with Gasteiger partial charge in [0.1, 0.15) is 11.4 Å². The molecule has 29 heavy (non-hydrogen) atoms. The molecule has 0 radical (unpaired) electrons. The number of benzene rings is 1. The molecule has 1 aliphatic heterocycles. The van der Waals surface area contributed by atoms with Crippen LogP contribution in [0.2, 0.25) is 0 Å². The molecule has 9 nitrogen and oxygen atoms in total. The lowest BCUT2D eigenvalue weighted by Gasteiger charge is -2.14. The van der Waals surface area contributed by atoms with Crippen molar-refractivity contribution < 1.29 is 9.53 Å². The van der Waals surface area contributed by atoms with Crippen LogP contribution in [0.1, 0.15) is 22.5 Å².